The van der Waals surface area contributed by atoms with E-state index >= 15 is 0 Å². The van der Waals surface area contributed by atoms with Gasteiger partial charge in [-0.2, -0.15) is 5.10 Å². The number of nitrogens with two attached hydrogens (primary N) is 1. The van der Waals surface area contributed by atoms with Gasteiger partial charge in [0.15, 0.2) is 0 Å². The predicted molar refractivity (Wildman–Crippen MR) is 64.2 cm³/mol. The van der Waals surface area contributed by atoms with Crippen molar-refractivity contribution in [1.29, 1.82) is 0 Å². The molecule has 2 aromatic rings. The molecule has 6 nitrogen and oxygen atoms in total. The van der Waals surface area contributed by atoms with E-state index in [9.17, 15) is 9.18 Å². The Morgan fingerprint density at radius 2 is 2.33 bits per heavy atom. The summed E-state index contributed by atoms with van der Waals surface area (Å²) < 4.78 is 14.4. The van der Waals surface area contributed by atoms with Crippen molar-refractivity contribution < 1.29 is 9.18 Å². The molecular formula is C11H12FN5O. The van der Waals surface area contributed by atoms with E-state index in [1.807, 2.05) is 0 Å². The van der Waals surface area contributed by atoms with Crippen LogP contribution in [0.5, 0.6) is 0 Å². The van der Waals surface area contributed by atoms with Crippen LogP contribution < -0.4 is 11.1 Å². The summed E-state index contributed by atoms with van der Waals surface area (Å²) in [6, 6.07) is 3.23. The van der Waals surface area contributed by atoms with Crippen LogP contribution in [0.25, 0.3) is 0 Å². The molecule has 18 heavy (non-hydrogen) atoms. The molecule has 0 bridgehead atoms. The Morgan fingerprint density at radius 1 is 1.56 bits per heavy atom. The van der Waals surface area contributed by atoms with Crippen LogP contribution in [0.3, 0.4) is 0 Å². The number of hydrogen-bond donors (Lipinski definition) is 2. The third-order valence-electron chi connectivity index (χ3n) is 2.49. The van der Waals surface area contributed by atoms with E-state index in [-0.39, 0.29) is 11.6 Å². The Hall–Kier alpha value is -2.44. The Labute approximate surface area is 103 Å². The predicted octanol–water partition coefficient (Wildman–Crippen LogP) is 1.20. The SMILES string of the molecule is CC(C(=O)Nc1cc(F)ccc1N)n1cncn1. The third kappa shape index (κ3) is 2.45. The lowest BCUT2D eigenvalue weighted by Gasteiger charge is -2.13. The molecule has 2 rings (SSSR count). The Bertz CT molecular complexity index is 555. The number of rotatable bonds is 3. The monoisotopic (exact) mass is 249 g/mol. The van der Waals surface area contributed by atoms with Crippen molar-refractivity contribution in [2.45, 2.75) is 13.0 Å². The molecule has 1 amide bonds. The van der Waals surface area contributed by atoms with Crippen LogP contribution >= 0.6 is 0 Å². The molecule has 0 aliphatic rings. The number of carbonyl (C=O) groups is 1. The zero-order valence-corrected chi connectivity index (χ0v) is 9.67. The highest BCUT2D eigenvalue weighted by atomic mass is 19.1. The summed E-state index contributed by atoms with van der Waals surface area (Å²) in [4.78, 5) is 15.6. The molecule has 0 radical (unpaired) electrons. The van der Waals surface area contributed by atoms with Crippen LogP contribution in [0.15, 0.2) is 30.9 Å². The first-order chi connectivity index (χ1) is 8.58. The summed E-state index contributed by atoms with van der Waals surface area (Å²) in [7, 11) is 0. The average molecular weight is 249 g/mol. The molecule has 1 heterocycles. The zero-order chi connectivity index (χ0) is 13.1. The van der Waals surface area contributed by atoms with Crippen LogP contribution in [0.1, 0.15) is 13.0 Å². The first kappa shape index (κ1) is 12.0. The van der Waals surface area contributed by atoms with Crippen molar-refractivity contribution in [3.63, 3.8) is 0 Å². The van der Waals surface area contributed by atoms with Crippen molar-refractivity contribution in [3.8, 4) is 0 Å². The molecule has 0 saturated heterocycles. The molecule has 1 aromatic carbocycles. The maximum Gasteiger partial charge on any atom is 0.249 e. The van der Waals surface area contributed by atoms with E-state index in [2.05, 4.69) is 15.4 Å². The number of benzene rings is 1. The fraction of sp³-hybridized carbons (Fsp3) is 0.182. The zero-order valence-electron chi connectivity index (χ0n) is 9.67. The molecule has 7 heteroatoms. The van der Waals surface area contributed by atoms with Gasteiger partial charge in [0.25, 0.3) is 0 Å². The fourth-order valence-corrected chi connectivity index (χ4v) is 1.41. The van der Waals surface area contributed by atoms with Gasteiger partial charge in [-0.25, -0.2) is 14.1 Å². The molecule has 0 aliphatic heterocycles. The molecule has 1 unspecified atom stereocenters. The second-order valence-electron chi connectivity index (χ2n) is 3.77. The summed E-state index contributed by atoms with van der Waals surface area (Å²) in [6.07, 6.45) is 2.76. The third-order valence-corrected chi connectivity index (χ3v) is 2.49. The van der Waals surface area contributed by atoms with Crippen LogP contribution in [-0.2, 0) is 4.79 Å². The quantitative estimate of drug-likeness (QED) is 0.800. The number of halogens is 1. The van der Waals surface area contributed by atoms with Crippen LogP contribution in [0.4, 0.5) is 15.8 Å². The van der Waals surface area contributed by atoms with Gasteiger partial charge in [0, 0.05) is 0 Å². The number of nitrogens with zero attached hydrogens (tertiary/aromatic N) is 3. The minimum Gasteiger partial charge on any atom is -0.397 e. The fourth-order valence-electron chi connectivity index (χ4n) is 1.41. The van der Waals surface area contributed by atoms with Gasteiger partial charge in [-0.3, -0.25) is 4.79 Å². The highest BCUT2D eigenvalue weighted by molar-refractivity contribution is 5.96. The molecule has 1 aromatic heterocycles. The van der Waals surface area contributed by atoms with Crippen molar-refractivity contribution in [2.24, 2.45) is 0 Å². The largest absolute Gasteiger partial charge is 0.397 e. The molecule has 0 aliphatic carbocycles. The number of amides is 1. The first-order valence-electron chi connectivity index (χ1n) is 5.28. The normalized spacial score (nSPS) is 12.1. The van der Waals surface area contributed by atoms with Gasteiger partial charge < -0.3 is 11.1 Å². The molecule has 0 saturated carbocycles. The van der Waals surface area contributed by atoms with E-state index in [4.69, 9.17) is 5.73 Å². The Balaban J connectivity index is 2.14. The van der Waals surface area contributed by atoms with E-state index in [0.717, 1.165) is 0 Å². The second-order valence-corrected chi connectivity index (χ2v) is 3.77. The first-order valence-corrected chi connectivity index (χ1v) is 5.28. The van der Waals surface area contributed by atoms with E-state index in [1.165, 1.54) is 35.5 Å². The number of anilines is 2. The highest BCUT2D eigenvalue weighted by Crippen LogP contribution is 2.20. The lowest BCUT2D eigenvalue weighted by molar-refractivity contribution is -0.119. The van der Waals surface area contributed by atoms with Crippen molar-refractivity contribution >= 4 is 17.3 Å². The lowest BCUT2D eigenvalue weighted by Crippen LogP contribution is -2.24. The molecule has 3 N–H and O–H groups in total. The van der Waals surface area contributed by atoms with Gasteiger partial charge >= 0.3 is 0 Å². The molecule has 0 spiro atoms. The van der Waals surface area contributed by atoms with Gasteiger partial charge in [0.1, 0.15) is 24.5 Å². The van der Waals surface area contributed by atoms with E-state index in [0.29, 0.717) is 5.69 Å². The Kier molecular flexibility index (Phi) is 3.22. The van der Waals surface area contributed by atoms with Crippen molar-refractivity contribution in [3.05, 3.63) is 36.7 Å². The van der Waals surface area contributed by atoms with Crippen LogP contribution in [0.2, 0.25) is 0 Å². The van der Waals surface area contributed by atoms with E-state index < -0.39 is 11.9 Å². The summed E-state index contributed by atoms with van der Waals surface area (Å²) >= 11 is 0. The van der Waals surface area contributed by atoms with Gasteiger partial charge in [-0.15, -0.1) is 0 Å². The average Bonchev–Trinajstić information content (AvgIpc) is 2.86. The summed E-state index contributed by atoms with van der Waals surface area (Å²) in [5.41, 5.74) is 6.18. The standard InChI is InChI=1S/C11H12FN5O/c1-7(17-6-14-5-15-17)11(18)16-10-4-8(12)2-3-9(10)13/h2-7H,13H2,1H3,(H,16,18). The molecule has 0 fully saturated rings. The summed E-state index contributed by atoms with van der Waals surface area (Å²) in [5, 5.41) is 6.40. The molecule has 1 atom stereocenters. The van der Waals surface area contributed by atoms with Gasteiger partial charge in [0.05, 0.1) is 11.4 Å². The number of nitrogen functional groups attached to an aromatic ring is 1. The highest BCUT2D eigenvalue weighted by Gasteiger charge is 2.16. The van der Waals surface area contributed by atoms with Crippen LogP contribution in [-0.4, -0.2) is 20.7 Å². The minimum atomic E-state index is -0.560. The summed E-state index contributed by atoms with van der Waals surface area (Å²) in [6.45, 7) is 1.65. The number of nitrogens with one attached hydrogen (secondary N) is 1. The topological polar surface area (TPSA) is 85.8 Å². The van der Waals surface area contributed by atoms with Gasteiger partial charge in [-0.05, 0) is 25.1 Å². The Morgan fingerprint density at radius 3 is 3.00 bits per heavy atom. The van der Waals surface area contributed by atoms with Crippen molar-refractivity contribution in [1.82, 2.24) is 14.8 Å². The molecule has 94 valence electrons. The second kappa shape index (κ2) is 4.82. The van der Waals surface area contributed by atoms with Crippen molar-refractivity contribution in [2.75, 3.05) is 11.1 Å². The van der Waals surface area contributed by atoms with E-state index in [1.54, 1.807) is 6.92 Å². The van der Waals surface area contributed by atoms with Crippen LogP contribution in [0, 0.1) is 5.82 Å². The number of carbonyl (C=O) groups excluding carboxylic acids is 1. The van der Waals surface area contributed by atoms with Gasteiger partial charge in [0.2, 0.25) is 5.91 Å². The smallest absolute Gasteiger partial charge is 0.249 e. The number of hydrogen-bond acceptors (Lipinski definition) is 4. The van der Waals surface area contributed by atoms with Gasteiger partial charge in [-0.1, -0.05) is 0 Å². The minimum absolute atomic E-state index is 0.243. The lowest BCUT2D eigenvalue weighted by atomic mass is 10.2. The molecular weight excluding hydrogens is 237 g/mol. The maximum absolute atomic E-state index is 13.0. The summed E-state index contributed by atoms with van der Waals surface area (Å²) in [5.74, 6) is -0.814. The number of aromatic nitrogens is 3. The maximum atomic E-state index is 13.0.